The summed E-state index contributed by atoms with van der Waals surface area (Å²) in [5.41, 5.74) is 0.797. The lowest BCUT2D eigenvalue weighted by atomic mass is 9.87. The molecular weight excluding hydrogens is 214 g/mol. The monoisotopic (exact) mass is 229 g/mol. The molecule has 1 atom stereocenters. The van der Waals surface area contributed by atoms with Gasteiger partial charge in [0, 0.05) is 17.8 Å². The Hall–Kier alpha value is -1.90. The van der Waals surface area contributed by atoms with Crippen LogP contribution in [0.1, 0.15) is 25.3 Å². The van der Waals surface area contributed by atoms with Crippen molar-refractivity contribution in [1.82, 2.24) is 4.98 Å². The Bertz CT molecular complexity index is 543. The molecule has 0 aliphatic carbocycles. The zero-order valence-corrected chi connectivity index (χ0v) is 9.92. The van der Waals surface area contributed by atoms with Gasteiger partial charge in [-0.05, 0) is 16.9 Å². The van der Waals surface area contributed by atoms with Crippen LogP contribution in [0.4, 0.5) is 0 Å². The number of hydrogen-bond acceptors (Lipinski definition) is 2. The number of fused-ring (bicyclic) bond motifs is 1. The van der Waals surface area contributed by atoms with Crippen LogP contribution in [0.15, 0.2) is 36.7 Å². The Morgan fingerprint density at radius 2 is 1.94 bits per heavy atom. The molecule has 0 amide bonds. The highest BCUT2D eigenvalue weighted by atomic mass is 16.4. The second-order valence-corrected chi connectivity index (χ2v) is 4.51. The van der Waals surface area contributed by atoms with Crippen molar-refractivity contribution in [3.63, 3.8) is 0 Å². The molecule has 0 radical (unpaired) electrons. The van der Waals surface area contributed by atoms with Gasteiger partial charge >= 0.3 is 5.97 Å². The highest BCUT2D eigenvalue weighted by molar-refractivity contribution is 5.90. The predicted molar refractivity (Wildman–Crippen MR) is 67.0 cm³/mol. The first-order chi connectivity index (χ1) is 8.11. The van der Waals surface area contributed by atoms with Crippen molar-refractivity contribution in [2.75, 3.05) is 0 Å². The molecule has 0 fully saturated rings. The third-order valence-electron chi connectivity index (χ3n) is 2.97. The number of pyridine rings is 1. The average Bonchev–Trinajstić information content (AvgIpc) is 2.28. The zero-order valence-electron chi connectivity index (χ0n) is 9.92. The molecule has 0 spiro atoms. The van der Waals surface area contributed by atoms with Crippen molar-refractivity contribution in [2.24, 2.45) is 5.92 Å². The number of nitrogens with zero attached hydrogens (tertiary/aromatic N) is 1. The lowest BCUT2D eigenvalue weighted by Gasteiger charge is -2.18. The van der Waals surface area contributed by atoms with Crippen LogP contribution >= 0.6 is 0 Å². The quantitative estimate of drug-likeness (QED) is 0.880. The maximum Gasteiger partial charge on any atom is 0.311 e. The Morgan fingerprint density at radius 1 is 1.24 bits per heavy atom. The van der Waals surface area contributed by atoms with Gasteiger partial charge in [0.15, 0.2) is 0 Å². The molecule has 1 aromatic heterocycles. The summed E-state index contributed by atoms with van der Waals surface area (Å²) in [6.45, 7) is 3.83. The van der Waals surface area contributed by atoms with Crippen LogP contribution in [0, 0.1) is 5.92 Å². The molecule has 0 bridgehead atoms. The van der Waals surface area contributed by atoms with Gasteiger partial charge in [-0.3, -0.25) is 9.78 Å². The summed E-state index contributed by atoms with van der Waals surface area (Å²) in [5, 5.41) is 11.3. The van der Waals surface area contributed by atoms with E-state index in [1.54, 1.807) is 12.4 Å². The van der Waals surface area contributed by atoms with E-state index in [9.17, 15) is 9.90 Å². The Kier molecular flexibility index (Phi) is 3.09. The Morgan fingerprint density at radius 3 is 2.59 bits per heavy atom. The minimum Gasteiger partial charge on any atom is -0.481 e. The first-order valence-electron chi connectivity index (χ1n) is 5.66. The molecule has 0 aliphatic heterocycles. The molecule has 17 heavy (non-hydrogen) atoms. The van der Waals surface area contributed by atoms with Crippen molar-refractivity contribution < 1.29 is 9.90 Å². The lowest BCUT2D eigenvalue weighted by molar-refractivity contribution is -0.139. The minimum absolute atomic E-state index is 0.0418. The molecule has 88 valence electrons. The van der Waals surface area contributed by atoms with Crippen molar-refractivity contribution in [3.05, 3.63) is 42.2 Å². The lowest BCUT2D eigenvalue weighted by Crippen LogP contribution is -2.18. The van der Waals surface area contributed by atoms with Gasteiger partial charge in [-0.15, -0.1) is 0 Å². The summed E-state index contributed by atoms with van der Waals surface area (Å²) in [6.07, 6.45) is 3.43. The van der Waals surface area contributed by atoms with Crippen LogP contribution in [0.5, 0.6) is 0 Å². The summed E-state index contributed by atoms with van der Waals surface area (Å²) in [5.74, 6) is -1.26. The molecule has 2 rings (SSSR count). The van der Waals surface area contributed by atoms with E-state index < -0.39 is 11.9 Å². The fraction of sp³-hybridized carbons (Fsp3) is 0.286. The van der Waals surface area contributed by atoms with Crippen LogP contribution in [-0.2, 0) is 4.79 Å². The van der Waals surface area contributed by atoms with Gasteiger partial charge in [-0.2, -0.15) is 0 Å². The molecule has 1 aromatic carbocycles. The molecule has 1 N–H and O–H groups in total. The van der Waals surface area contributed by atoms with Gasteiger partial charge in [0.25, 0.3) is 0 Å². The van der Waals surface area contributed by atoms with E-state index in [-0.39, 0.29) is 5.92 Å². The van der Waals surface area contributed by atoms with Crippen molar-refractivity contribution in [1.29, 1.82) is 0 Å². The fourth-order valence-electron chi connectivity index (χ4n) is 2.17. The Labute approximate surface area is 100 Å². The smallest absolute Gasteiger partial charge is 0.311 e. The molecule has 3 heteroatoms. The van der Waals surface area contributed by atoms with E-state index in [4.69, 9.17) is 0 Å². The minimum atomic E-state index is -0.793. The van der Waals surface area contributed by atoms with Crippen molar-refractivity contribution in [3.8, 4) is 0 Å². The summed E-state index contributed by atoms with van der Waals surface area (Å²) in [7, 11) is 0. The van der Waals surface area contributed by atoms with Crippen molar-refractivity contribution >= 4 is 16.7 Å². The maximum atomic E-state index is 11.4. The molecule has 3 nitrogen and oxygen atoms in total. The first-order valence-corrected chi connectivity index (χ1v) is 5.66. The number of hydrogen-bond donors (Lipinski definition) is 1. The summed E-state index contributed by atoms with van der Waals surface area (Å²) in [6, 6.07) is 7.75. The highest BCUT2D eigenvalue weighted by Gasteiger charge is 2.25. The van der Waals surface area contributed by atoms with Crippen LogP contribution in [0.25, 0.3) is 10.8 Å². The average molecular weight is 229 g/mol. The highest BCUT2D eigenvalue weighted by Crippen LogP contribution is 2.30. The zero-order chi connectivity index (χ0) is 12.4. The Balaban J connectivity index is 2.65. The van der Waals surface area contributed by atoms with Crippen LogP contribution in [-0.4, -0.2) is 16.1 Å². The van der Waals surface area contributed by atoms with E-state index in [0.29, 0.717) is 0 Å². The second-order valence-electron chi connectivity index (χ2n) is 4.51. The van der Waals surface area contributed by atoms with Crippen molar-refractivity contribution in [2.45, 2.75) is 19.8 Å². The topological polar surface area (TPSA) is 50.2 Å². The van der Waals surface area contributed by atoms with Crippen LogP contribution in [0.2, 0.25) is 0 Å². The normalized spacial score (nSPS) is 12.9. The third-order valence-corrected chi connectivity index (χ3v) is 2.97. The largest absolute Gasteiger partial charge is 0.481 e. The number of carbonyl (C=O) groups is 1. The van der Waals surface area contributed by atoms with E-state index in [2.05, 4.69) is 4.98 Å². The SMILES string of the molecule is CC(C)C(C(=O)O)c1cncc2ccccc12. The molecule has 2 aromatic rings. The van der Waals surface area contributed by atoms with Crippen LogP contribution < -0.4 is 0 Å². The number of aromatic nitrogens is 1. The number of rotatable bonds is 3. The number of carboxylic acid groups (broad SMARTS) is 1. The standard InChI is InChI=1S/C14H15NO2/c1-9(2)13(14(16)17)12-8-15-7-10-5-3-4-6-11(10)12/h3-9,13H,1-2H3,(H,16,17). The number of aliphatic carboxylic acids is 1. The second kappa shape index (κ2) is 4.53. The predicted octanol–water partition coefficient (Wildman–Crippen LogP) is 3.06. The van der Waals surface area contributed by atoms with Gasteiger partial charge in [-0.1, -0.05) is 38.1 Å². The molecule has 0 saturated heterocycles. The molecular formula is C14H15NO2. The van der Waals surface area contributed by atoms with Gasteiger partial charge in [0.05, 0.1) is 5.92 Å². The van der Waals surface area contributed by atoms with E-state index in [1.165, 1.54) is 0 Å². The van der Waals surface area contributed by atoms with Crippen LogP contribution in [0.3, 0.4) is 0 Å². The number of carboxylic acids is 1. The third kappa shape index (κ3) is 2.13. The summed E-state index contributed by atoms with van der Waals surface area (Å²) < 4.78 is 0. The van der Waals surface area contributed by atoms with Gasteiger partial charge in [-0.25, -0.2) is 0 Å². The molecule has 1 heterocycles. The molecule has 1 unspecified atom stereocenters. The fourth-order valence-corrected chi connectivity index (χ4v) is 2.17. The van der Waals surface area contributed by atoms with Gasteiger partial charge in [0.2, 0.25) is 0 Å². The molecule has 0 aliphatic rings. The number of benzene rings is 1. The van der Waals surface area contributed by atoms with Gasteiger partial charge < -0.3 is 5.11 Å². The van der Waals surface area contributed by atoms with E-state index in [0.717, 1.165) is 16.3 Å². The summed E-state index contributed by atoms with van der Waals surface area (Å²) >= 11 is 0. The maximum absolute atomic E-state index is 11.4. The summed E-state index contributed by atoms with van der Waals surface area (Å²) in [4.78, 5) is 15.5. The van der Waals surface area contributed by atoms with Gasteiger partial charge in [0.1, 0.15) is 0 Å². The molecule has 0 saturated carbocycles. The van der Waals surface area contributed by atoms with E-state index >= 15 is 0 Å². The van der Waals surface area contributed by atoms with E-state index in [1.807, 2.05) is 38.1 Å². The first kappa shape index (κ1) is 11.6.